The van der Waals surface area contributed by atoms with Gasteiger partial charge in [-0.1, -0.05) is 30.3 Å². The number of amides is 2. The van der Waals surface area contributed by atoms with Gasteiger partial charge in [0.2, 0.25) is 11.7 Å². The lowest BCUT2D eigenvalue weighted by Crippen LogP contribution is -2.38. The minimum atomic E-state index is -0.626. The molecule has 0 aliphatic heterocycles. The van der Waals surface area contributed by atoms with Crippen LogP contribution in [-0.2, 0) is 17.6 Å². The van der Waals surface area contributed by atoms with Crippen molar-refractivity contribution in [3.63, 3.8) is 0 Å². The molecule has 0 bridgehead atoms. The van der Waals surface area contributed by atoms with Crippen molar-refractivity contribution < 1.29 is 9.59 Å². The Morgan fingerprint density at radius 3 is 2.79 bits per heavy atom. The number of fused-ring (bicyclic) bond motifs is 1. The van der Waals surface area contributed by atoms with E-state index in [2.05, 4.69) is 15.3 Å². The molecule has 0 saturated carbocycles. The van der Waals surface area contributed by atoms with Crippen LogP contribution in [0.25, 0.3) is 6.08 Å². The van der Waals surface area contributed by atoms with Crippen LogP contribution in [0.4, 0.5) is 0 Å². The van der Waals surface area contributed by atoms with Gasteiger partial charge < -0.3 is 11.1 Å². The monoisotopic (exact) mass is 322 g/mol. The molecule has 24 heavy (non-hydrogen) atoms. The van der Waals surface area contributed by atoms with E-state index in [1.165, 1.54) is 6.08 Å². The van der Waals surface area contributed by atoms with Gasteiger partial charge in [0.25, 0.3) is 5.91 Å². The van der Waals surface area contributed by atoms with Gasteiger partial charge in [-0.25, -0.2) is 9.97 Å². The summed E-state index contributed by atoms with van der Waals surface area (Å²) in [4.78, 5) is 31.3. The quantitative estimate of drug-likeness (QED) is 0.828. The third-order valence-electron chi connectivity index (χ3n) is 3.94. The Bertz CT molecular complexity index is 787. The highest BCUT2D eigenvalue weighted by Crippen LogP contribution is 2.19. The van der Waals surface area contributed by atoms with E-state index >= 15 is 0 Å². The van der Waals surface area contributed by atoms with Crippen molar-refractivity contribution in [3.05, 3.63) is 65.2 Å². The summed E-state index contributed by atoms with van der Waals surface area (Å²) in [6.07, 6.45) is 7.06. The van der Waals surface area contributed by atoms with Gasteiger partial charge in [-0.3, -0.25) is 9.59 Å². The first-order valence-corrected chi connectivity index (χ1v) is 7.80. The Morgan fingerprint density at radius 2 is 2.04 bits per heavy atom. The molecule has 6 nitrogen and oxygen atoms in total. The van der Waals surface area contributed by atoms with Gasteiger partial charge in [0.15, 0.2) is 0 Å². The van der Waals surface area contributed by atoms with Crippen LogP contribution in [0.1, 0.15) is 33.9 Å². The topological polar surface area (TPSA) is 98.0 Å². The van der Waals surface area contributed by atoms with Crippen molar-refractivity contribution in [3.8, 4) is 0 Å². The zero-order valence-corrected chi connectivity index (χ0v) is 13.1. The minimum absolute atomic E-state index is 0.0356. The molecule has 0 radical (unpaired) electrons. The van der Waals surface area contributed by atoms with E-state index in [9.17, 15) is 9.59 Å². The average molecular weight is 322 g/mol. The molecular formula is C18H18N4O2. The molecule has 1 aromatic heterocycles. The maximum Gasteiger partial charge on any atom is 0.286 e. The number of carbonyl (C=O) groups excluding carboxylic acids is 2. The molecule has 1 aliphatic carbocycles. The van der Waals surface area contributed by atoms with Crippen LogP contribution in [0.15, 0.2) is 42.6 Å². The molecule has 1 atom stereocenters. The number of hydrogen-bond acceptors (Lipinski definition) is 4. The van der Waals surface area contributed by atoms with Crippen LogP contribution >= 0.6 is 0 Å². The summed E-state index contributed by atoms with van der Waals surface area (Å²) >= 11 is 0. The first-order chi connectivity index (χ1) is 11.6. The molecule has 0 fully saturated rings. The van der Waals surface area contributed by atoms with Crippen LogP contribution in [0.5, 0.6) is 0 Å². The lowest BCUT2D eigenvalue weighted by molar-refractivity contribution is -0.117. The van der Waals surface area contributed by atoms with Crippen molar-refractivity contribution in [2.24, 2.45) is 5.73 Å². The summed E-state index contributed by atoms with van der Waals surface area (Å²) in [5.74, 6) is -0.705. The Kier molecular flexibility index (Phi) is 4.65. The lowest BCUT2D eigenvalue weighted by atomic mass is 9.92. The smallest absolute Gasteiger partial charge is 0.286 e. The van der Waals surface area contributed by atoms with E-state index in [1.54, 1.807) is 12.3 Å². The number of aryl methyl sites for hydroxylation is 1. The van der Waals surface area contributed by atoms with E-state index in [0.717, 1.165) is 23.2 Å². The number of benzene rings is 1. The van der Waals surface area contributed by atoms with Gasteiger partial charge in [0.1, 0.15) is 0 Å². The second-order valence-corrected chi connectivity index (χ2v) is 5.72. The van der Waals surface area contributed by atoms with Crippen molar-refractivity contribution in [1.29, 1.82) is 0 Å². The number of nitrogens with zero attached hydrogens (tertiary/aromatic N) is 2. The molecule has 1 aromatic carbocycles. The maximum absolute atomic E-state index is 12.0. The van der Waals surface area contributed by atoms with E-state index in [-0.39, 0.29) is 17.8 Å². The lowest BCUT2D eigenvalue weighted by Gasteiger charge is -2.24. The van der Waals surface area contributed by atoms with Gasteiger partial charge in [0, 0.05) is 24.0 Å². The maximum atomic E-state index is 12.0. The fourth-order valence-electron chi connectivity index (χ4n) is 2.73. The second kappa shape index (κ2) is 7.04. The number of hydrogen-bond donors (Lipinski definition) is 2. The first kappa shape index (κ1) is 15.9. The zero-order valence-electron chi connectivity index (χ0n) is 13.1. The minimum Gasteiger partial charge on any atom is -0.363 e. The fraction of sp³-hybridized carbons (Fsp3) is 0.222. The van der Waals surface area contributed by atoms with Crippen molar-refractivity contribution in [2.75, 3.05) is 0 Å². The Balaban J connectivity index is 1.60. The SMILES string of the molecule is NC(=O)c1ncc2c(n1)CCC(NC(=O)C=Cc1ccccc1)C2. The highest BCUT2D eigenvalue weighted by molar-refractivity contribution is 5.92. The van der Waals surface area contributed by atoms with Crippen LogP contribution < -0.4 is 11.1 Å². The van der Waals surface area contributed by atoms with Crippen LogP contribution in [0, 0.1) is 0 Å². The van der Waals surface area contributed by atoms with Crippen molar-refractivity contribution in [1.82, 2.24) is 15.3 Å². The van der Waals surface area contributed by atoms with E-state index in [4.69, 9.17) is 5.73 Å². The molecule has 2 aromatic rings. The third kappa shape index (κ3) is 3.84. The Labute approximate surface area is 139 Å². The molecule has 3 rings (SSSR count). The van der Waals surface area contributed by atoms with Gasteiger partial charge in [-0.2, -0.15) is 0 Å². The molecule has 0 saturated heterocycles. The molecule has 122 valence electrons. The molecule has 3 N–H and O–H groups in total. The molecule has 1 unspecified atom stereocenters. The molecule has 1 heterocycles. The summed E-state index contributed by atoms with van der Waals surface area (Å²) < 4.78 is 0. The number of aromatic nitrogens is 2. The van der Waals surface area contributed by atoms with Crippen molar-refractivity contribution in [2.45, 2.75) is 25.3 Å². The fourth-order valence-corrected chi connectivity index (χ4v) is 2.73. The highest BCUT2D eigenvalue weighted by atomic mass is 16.2. The molecule has 0 spiro atoms. The normalized spacial score (nSPS) is 16.6. The van der Waals surface area contributed by atoms with Gasteiger partial charge in [-0.05, 0) is 36.5 Å². The summed E-state index contributed by atoms with van der Waals surface area (Å²) in [6, 6.07) is 9.70. The predicted octanol–water partition coefficient (Wildman–Crippen LogP) is 1.26. The van der Waals surface area contributed by atoms with E-state index in [1.807, 2.05) is 30.3 Å². The molecule has 1 aliphatic rings. The summed E-state index contributed by atoms with van der Waals surface area (Å²) in [5.41, 5.74) is 7.96. The molecular weight excluding hydrogens is 304 g/mol. The zero-order chi connectivity index (χ0) is 16.9. The van der Waals surface area contributed by atoms with Gasteiger partial charge >= 0.3 is 0 Å². The standard InChI is InChI=1S/C18H18N4O2/c19-17(24)18-20-11-13-10-14(7-8-15(13)22-18)21-16(23)9-6-12-4-2-1-3-5-12/h1-6,9,11,14H,7-8,10H2,(H2,19,24)(H,21,23). The molecule has 2 amide bonds. The molecule has 6 heteroatoms. The largest absolute Gasteiger partial charge is 0.363 e. The van der Waals surface area contributed by atoms with Crippen LogP contribution in [-0.4, -0.2) is 27.8 Å². The third-order valence-corrected chi connectivity index (χ3v) is 3.94. The van der Waals surface area contributed by atoms with Crippen LogP contribution in [0.3, 0.4) is 0 Å². The first-order valence-electron chi connectivity index (χ1n) is 7.80. The number of nitrogens with one attached hydrogen (secondary N) is 1. The number of nitrogens with two attached hydrogens (primary N) is 1. The van der Waals surface area contributed by atoms with Gasteiger partial charge in [0.05, 0.1) is 0 Å². The van der Waals surface area contributed by atoms with Gasteiger partial charge in [-0.15, -0.1) is 0 Å². The number of primary amides is 1. The summed E-state index contributed by atoms with van der Waals surface area (Å²) in [7, 11) is 0. The van der Waals surface area contributed by atoms with Crippen LogP contribution in [0.2, 0.25) is 0 Å². The predicted molar refractivity (Wildman–Crippen MR) is 90.0 cm³/mol. The highest BCUT2D eigenvalue weighted by Gasteiger charge is 2.22. The summed E-state index contributed by atoms with van der Waals surface area (Å²) in [5, 5.41) is 2.99. The Hall–Kier alpha value is -3.02. The number of carbonyl (C=O) groups is 2. The van der Waals surface area contributed by atoms with E-state index < -0.39 is 5.91 Å². The van der Waals surface area contributed by atoms with E-state index in [0.29, 0.717) is 12.8 Å². The average Bonchev–Trinajstić information content (AvgIpc) is 2.60. The Morgan fingerprint density at radius 1 is 1.25 bits per heavy atom. The summed E-state index contributed by atoms with van der Waals surface area (Å²) in [6.45, 7) is 0. The number of rotatable bonds is 4. The second-order valence-electron chi connectivity index (χ2n) is 5.72. The van der Waals surface area contributed by atoms with Crippen molar-refractivity contribution >= 4 is 17.9 Å².